The summed E-state index contributed by atoms with van der Waals surface area (Å²) in [4.78, 5) is 4.73. The molecule has 7 nitrogen and oxygen atoms in total. The third kappa shape index (κ3) is 4.81. The van der Waals surface area contributed by atoms with Gasteiger partial charge in [-0.2, -0.15) is 10.4 Å². The molecule has 168 valence electrons. The first kappa shape index (κ1) is 22.3. The van der Waals surface area contributed by atoms with Crippen LogP contribution in [0.3, 0.4) is 0 Å². The molecule has 1 unspecified atom stereocenters. The average Bonchev–Trinajstić information content (AvgIpc) is 3.20. The molecule has 0 spiro atoms. The molecule has 0 fully saturated rings. The lowest BCUT2D eigenvalue weighted by atomic mass is 10.0. The summed E-state index contributed by atoms with van der Waals surface area (Å²) < 4.78 is 2.05. The van der Waals surface area contributed by atoms with Crippen molar-refractivity contribution in [3.8, 4) is 11.8 Å². The van der Waals surface area contributed by atoms with Crippen LogP contribution in [0.1, 0.15) is 37.6 Å². The van der Waals surface area contributed by atoms with Gasteiger partial charge in [0.25, 0.3) is 0 Å². The molecule has 4 aromatic rings. The fourth-order valence-electron chi connectivity index (χ4n) is 3.92. The van der Waals surface area contributed by atoms with E-state index in [9.17, 15) is 15.5 Å². The second kappa shape index (κ2) is 9.72. The summed E-state index contributed by atoms with van der Waals surface area (Å²) in [6.45, 7) is 2.53. The van der Waals surface area contributed by atoms with Crippen LogP contribution < -0.4 is 10.5 Å². The summed E-state index contributed by atoms with van der Waals surface area (Å²) in [6, 6.07) is 20.5. The number of rotatable bonds is 9. The van der Waals surface area contributed by atoms with Crippen molar-refractivity contribution >= 4 is 28.0 Å². The van der Waals surface area contributed by atoms with Crippen molar-refractivity contribution in [2.75, 3.05) is 0 Å². The molecule has 0 saturated carbocycles. The maximum absolute atomic E-state index is 12.3. The number of hydrogen-bond donors (Lipinski definition) is 2. The Labute approximate surface area is 192 Å². The average molecular weight is 441 g/mol. The molecular formula is C26H26N5O2-. The topological polar surface area (TPSA) is 109 Å². The van der Waals surface area contributed by atoms with Gasteiger partial charge in [-0.15, -0.1) is 0 Å². The van der Waals surface area contributed by atoms with Crippen LogP contribution in [0.5, 0.6) is 5.75 Å². The van der Waals surface area contributed by atoms with Crippen molar-refractivity contribution in [1.29, 1.82) is 5.26 Å². The molecule has 0 amide bonds. The Kier molecular flexibility index (Phi) is 6.57. The molecular weight excluding hydrogens is 414 g/mol. The molecule has 0 aliphatic heterocycles. The van der Waals surface area contributed by atoms with E-state index in [2.05, 4.69) is 22.0 Å². The van der Waals surface area contributed by atoms with Gasteiger partial charge >= 0.3 is 0 Å². The van der Waals surface area contributed by atoms with Crippen molar-refractivity contribution in [2.24, 2.45) is 5.10 Å². The quantitative estimate of drug-likeness (QED) is 0.178. The number of aliphatic hydroxyl groups is 1. The van der Waals surface area contributed by atoms with Crippen LogP contribution >= 0.6 is 0 Å². The number of nitriles is 1. The Balaban J connectivity index is 1.53. The van der Waals surface area contributed by atoms with Crippen LogP contribution in [-0.4, -0.2) is 26.6 Å². The highest BCUT2D eigenvalue weighted by atomic mass is 16.3. The van der Waals surface area contributed by atoms with Crippen molar-refractivity contribution in [3.05, 3.63) is 72.1 Å². The number of aromatic nitrogens is 2. The van der Waals surface area contributed by atoms with Gasteiger partial charge in [-0.1, -0.05) is 67.6 Å². The number of nitrogens with zero attached hydrogens (tertiary/aromatic N) is 4. The number of para-hydroxylation sites is 2. The zero-order chi connectivity index (χ0) is 23.3. The lowest BCUT2D eigenvalue weighted by Crippen LogP contribution is -2.41. The number of fused-ring (bicyclic) bond motifs is 2. The molecule has 0 radical (unpaired) electrons. The number of aryl methyl sites for hydroxylation is 2. The second-order valence-electron chi connectivity index (χ2n) is 8.06. The van der Waals surface area contributed by atoms with Crippen LogP contribution in [0.2, 0.25) is 0 Å². The van der Waals surface area contributed by atoms with E-state index >= 15 is 0 Å². The third-order valence-corrected chi connectivity index (χ3v) is 5.74. The summed E-state index contributed by atoms with van der Waals surface area (Å²) in [5, 5.41) is 38.5. The van der Waals surface area contributed by atoms with Gasteiger partial charge in [-0.25, -0.2) is 4.98 Å². The standard InChI is InChI=1S/C26H27N5O2/c1-2-3-12-25-29-22-10-6-7-11-23(22)31(25)16-15-26(33,18-27)30-28-17-21-20-9-5-4-8-19(20)13-14-24(21)32/h4-11,13-14,17,30,32-33H,2-3,12,15-16H2,1H3/p-1/b28-17-. The van der Waals surface area contributed by atoms with E-state index < -0.39 is 5.72 Å². The minimum Gasteiger partial charge on any atom is -0.872 e. The van der Waals surface area contributed by atoms with Crippen LogP contribution in [0.4, 0.5) is 0 Å². The van der Waals surface area contributed by atoms with Crippen LogP contribution in [0, 0.1) is 11.3 Å². The van der Waals surface area contributed by atoms with E-state index in [0.717, 1.165) is 46.9 Å². The van der Waals surface area contributed by atoms with E-state index in [1.807, 2.05) is 54.6 Å². The van der Waals surface area contributed by atoms with Gasteiger partial charge in [0.15, 0.2) is 0 Å². The maximum atomic E-state index is 12.3. The molecule has 0 bridgehead atoms. The van der Waals surface area contributed by atoms with E-state index in [1.54, 1.807) is 6.07 Å². The van der Waals surface area contributed by atoms with Gasteiger partial charge in [-0.05, 0) is 34.9 Å². The van der Waals surface area contributed by atoms with Gasteiger partial charge in [0.05, 0.1) is 17.2 Å². The van der Waals surface area contributed by atoms with E-state index in [4.69, 9.17) is 4.98 Å². The van der Waals surface area contributed by atoms with Gasteiger partial charge in [-0.3, -0.25) is 5.43 Å². The molecule has 7 heteroatoms. The van der Waals surface area contributed by atoms with E-state index in [-0.39, 0.29) is 12.2 Å². The SMILES string of the molecule is CCCCc1nc2ccccc2n1CCC(O)(C#N)N/N=C\c1c([O-])ccc2ccccc12. The molecule has 33 heavy (non-hydrogen) atoms. The third-order valence-electron chi connectivity index (χ3n) is 5.74. The Morgan fingerprint density at radius 2 is 1.97 bits per heavy atom. The zero-order valence-corrected chi connectivity index (χ0v) is 18.5. The Bertz CT molecular complexity index is 1340. The minimum atomic E-state index is -1.89. The molecule has 4 rings (SSSR count). The van der Waals surface area contributed by atoms with Crippen LogP contribution in [0.15, 0.2) is 65.8 Å². The number of hydrogen-bond acceptors (Lipinski definition) is 6. The molecule has 2 N–H and O–H groups in total. The number of unbranched alkanes of at least 4 members (excludes halogenated alkanes) is 1. The predicted molar refractivity (Wildman–Crippen MR) is 128 cm³/mol. The first-order chi connectivity index (χ1) is 16.0. The molecule has 0 aliphatic rings. The first-order valence-electron chi connectivity index (χ1n) is 11.1. The minimum absolute atomic E-state index is 0.0973. The van der Waals surface area contributed by atoms with Gasteiger partial charge in [0.2, 0.25) is 5.72 Å². The summed E-state index contributed by atoms with van der Waals surface area (Å²) in [5.41, 5.74) is 2.93. The summed E-state index contributed by atoms with van der Waals surface area (Å²) in [7, 11) is 0. The lowest BCUT2D eigenvalue weighted by molar-refractivity contribution is -0.268. The lowest BCUT2D eigenvalue weighted by Gasteiger charge is -2.21. The molecule has 1 heterocycles. The van der Waals surface area contributed by atoms with Gasteiger partial charge in [0.1, 0.15) is 11.9 Å². The highest BCUT2D eigenvalue weighted by Gasteiger charge is 2.26. The van der Waals surface area contributed by atoms with Crippen LogP contribution in [-0.2, 0) is 13.0 Å². The van der Waals surface area contributed by atoms with Gasteiger partial charge < -0.3 is 14.8 Å². The molecule has 0 saturated heterocycles. The number of imidazole rings is 1. The fraction of sp³-hybridized carbons (Fsp3) is 0.269. The van der Waals surface area contributed by atoms with Crippen molar-refractivity contribution in [2.45, 2.75) is 44.9 Å². The molecule has 0 aliphatic carbocycles. The highest BCUT2D eigenvalue weighted by molar-refractivity contribution is 6.02. The summed E-state index contributed by atoms with van der Waals surface area (Å²) >= 11 is 0. The number of nitrogens with one attached hydrogen (secondary N) is 1. The zero-order valence-electron chi connectivity index (χ0n) is 18.5. The Hall–Kier alpha value is -3.89. The van der Waals surface area contributed by atoms with Crippen LogP contribution in [0.25, 0.3) is 21.8 Å². The Morgan fingerprint density at radius 1 is 1.18 bits per heavy atom. The predicted octanol–water partition coefficient (Wildman–Crippen LogP) is 3.83. The number of hydrazone groups is 1. The van der Waals surface area contributed by atoms with Crippen molar-refractivity contribution in [1.82, 2.24) is 15.0 Å². The summed E-state index contributed by atoms with van der Waals surface area (Å²) in [5.74, 6) is 0.763. The fourth-order valence-corrected chi connectivity index (χ4v) is 3.92. The number of benzene rings is 3. The molecule has 1 atom stereocenters. The maximum Gasteiger partial charge on any atom is 0.242 e. The van der Waals surface area contributed by atoms with Gasteiger partial charge in [0, 0.05) is 19.4 Å². The smallest absolute Gasteiger partial charge is 0.242 e. The molecule has 3 aromatic carbocycles. The second-order valence-corrected chi connectivity index (χ2v) is 8.06. The normalized spacial score (nSPS) is 13.4. The van der Waals surface area contributed by atoms with E-state index in [0.29, 0.717) is 12.1 Å². The summed E-state index contributed by atoms with van der Waals surface area (Å²) in [6.07, 6.45) is 4.36. The highest BCUT2D eigenvalue weighted by Crippen LogP contribution is 2.24. The first-order valence-corrected chi connectivity index (χ1v) is 11.1. The van der Waals surface area contributed by atoms with Crippen molar-refractivity contribution < 1.29 is 10.2 Å². The largest absolute Gasteiger partial charge is 0.872 e. The van der Waals surface area contributed by atoms with Crippen molar-refractivity contribution in [3.63, 3.8) is 0 Å². The molecule has 1 aromatic heterocycles. The monoisotopic (exact) mass is 440 g/mol. The Morgan fingerprint density at radius 3 is 2.79 bits per heavy atom. The van der Waals surface area contributed by atoms with E-state index in [1.165, 1.54) is 12.3 Å².